The van der Waals surface area contributed by atoms with Gasteiger partial charge >= 0.3 is 11.9 Å². The largest absolute Gasteiger partial charge is 0.480 e. The van der Waals surface area contributed by atoms with Crippen molar-refractivity contribution in [3.8, 4) is 0 Å². The van der Waals surface area contributed by atoms with Gasteiger partial charge in [0.2, 0.25) is 11.8 Å². The smallest absolute Gasteiger partial charge is 0.364 e. The first-order valence-corrected chi connectivity index (χ1v) is 15.9. The summed E-state index contributed by atoms with van der Waals surface area (Å²) in [5, 5.41) is 119. The number of nitrogens with one attached hydrogen (secondary N) is 2. The number of nitrogens with two attached hydrogens (primary N) is 1. The third-order valence-corrected chi connectivity index (χ3v) is 8.61. The van der Waals surface area contributed by atoms with Gasteiger partial charge in [0.05, 0.1) is 38.6 Å². The summed E-state index contributed by atoms with van der Waals surface area (Å²) in [5.74, 6) is -8.11. The lowest BCUT2D eigenvalue weighted by Gasteiger charge is -2.51. The van der Waals surface area contributed by atoms with Crippen molar-refractivity contribution >= 4 is 23.8 Å². The first-order chi connectivity index (χ1) is 24.3. The van der Waals surface area contributed by atoms with E-state index in [0.717, 1.165) is 13.8 Å². The fourth-order valence-electron chi connectivity index (χ4n) is 5.96. The van der Waals surface area contributed by atoms with E-state index in [2.05, 4.69) is 10.6 Å². The summed E-state index contributed by atoms with van der Waals surface area (Å²) in [7, 11) is 0. The van der Waals surface area contributed by atoms with Crippen LogP contribution in [0.3, 0.4) is 0 Å². The van der Waals surface area contributed by atoms with Gasteiger partial charge in [-0.25, -0.2) is 4.79 Å². The Labute approximate surface area is 294 Å². The van der Waals surface area contributed by atoms with Crippen molar-refractivity contribution < 1.29 is 104 Å². The zero-order valence-electron chi connectivity index (χ0n) is 27.9. The van der Waals surface area contributed by atoms with E-state index in [1.165, 1.54) is 0 Å². The van der Waals surface area contributed by atoms with Gasteiger partial charge in [0.25, 0.3) is 5.79 Å². The Morgan fingerprint density at radius 2 is 1.38 bits per heavy atom. The van der Waals surface area contributed by atoms with E-state index in [-0.39, 0.29) is 0 Å². The first kappa shape index (κ1) is 43.6. The summed E-state index contributed by atoms with van der Waals surface area (Å²) in [5.41, 5.74) is 5.49. The molecule has 0 bridgehead atoms. The Morgan fingerprint density at radius 1 is 0.846 bits per heavy atom. The maximum atomic E-state index is 12.8. The number of aliphatic hydroxyl groups excluding tert-OH is 9. The lowest BCUT2D eigenvalue weighted by atomic mass is 9.88. The van der Waals surface area contributed by atoms with Crippen LogP contribution in [0.1, 0.15) is 20.3 Å². The molecule has 3 saturated heterocycles. The van der Waals surface area contributed by atoms with Crippen LogP contribution in [0.15, 0.2) is 0 Å². The zero-order chi connectivity index (χ0) is 39.2. The SMILES string of the molecule is CC(=O)N[C@H]1[C@@H](OC[C@H](N)C(=O)O)O[C@H](CO)[C@H](O)[C@@H]1O[C@@H]1O[C@H](CO)[C@H](O)[C@H](O[C@]2(C(=O)O)C[C@H](O)[C@@H](NC(C)=O)[C@H]([C@H](O)[C@H](O)CO)O2)[C@H]1O. The van der Waals surface area contributed by atoms with E-state index >= 15 is 0 Å². The number of hydrogen-bond acceptors (Lipinski definition) is 20. The second kappa shape index (κ2) is 18.5. The highest BCUT2D eigenvalue weighted by atomic mass is 16.8. The van der Waals surface area contributed by atoms with Crippen molar-refractivity contribution in [1.82, 2.24) is 10.6 Å². The van der Waals surface area contributed by atoms with E-state index in [9.17, 15) is 70.2 Å². The van der Waals surface area contributed by atoms with Crippen molar-refractivity contribution in [2.45, 2.75) is 124 Å². The number of carbonyl (C=O) groups is 4. The van der Waals surface area contributed by atoms with Gasteiger partial charge < -0.3 is 101 Å². The van der Waals surface area contributed by atoms with Crippen LogP contribution in [-0.2, 0) is 47.6 Å². The molecule has 0 radical (unpaired) electrons. The molecule has 0 aromatic heterocycles. The van der Waals surface area contributed by atoms with Crippen molar-refractivity contribution in [2.24, 2.45) is 5.73 Å². The van der Waals surface area contributed by atoms with Gasteiger partial charge in [-0.3, -0.25) is 14.4 Å². The van der Waals surface area contributed by atoms with Gasteiger partial charge in [-0.2, -0.15) is 0 Å². The summed E-state index contributed by atoms with van der Waals surface area (Å²) in [6, 6.07) is -4.73. The van der Waals surface area contributed by atoms with Crippen LogP contribution in [0, 0.1) is 0 Å². The fourth-order valence-corrected chi connectivity index (χ4v) is 5.96. The maximum Gasteiger partial charge on any atom is 0.364 e. The molecule has 24 heteroatoms. The molecule has 3 aliphatic heterocycles. The molecule has 3 rings (SSSR count). The molecule has 24 nitrogen and oxygen atoms in total. The van der Waals surface area contributed by atoms with Crippen LogP contribution in [0.25, 0.3) is 0 Å². The molecule has 0 spiro atoms. The standard InChI is InChI=1S/C28H47N3O21/c1-8(35)30-15-11(37)3-28(27(45)46,51-22(15)17(39)12(38)4-32)52-23-19(41)14(6-34)49-26(20(23)42)50-21-16(31-9(2)36)25(47-7-10(29)24(43)44)48-13(5-33)18(21)40/h10-23,25-26,32-34,37-42H,3-7,29H2,1-2H3,(H,30,35)(H,31,36)(H,43,44)(H,45,46)/t10-,11-,12+,13+,14+,15+,16+,17+,18-,19-,20+,21+,22+,23-,25-,26-,28-/m0/s1. The molecule has 3 fully saturated rings. The number of ether oxygens (including phenoxy) is 6. The van der Waals surface area contributed by atoms with E-state index in [1.807, 2.05) is 0 Å². The van der Waals surface area contributed by atoms with Gasteiger partial charge in [0.1, 0.15) is 73.1 Å². The minimum Gasteiger partial charge on any atom is -0.480 e. The Hall–Kier alpha value is -2.76. The number of carboxylic acid groups (broad SMARTS) is 2. The van der Waals surface area contributed by atoms with Gasteiger partial charge in [0, 0.05) is 20.3 Å². The van der Waals surface area contributed by atoms with Gasteiger partial charge in [-0.1, -0.05) is 0 Å². The molecule has 15 N–H and O–H groups in total. The second-order valence-electron chi connectivity index (χ2n) is 12.5. The minimum absolute atomic E-state index is 0.703. The molecule has 3 heterocycles. The number of hydrogen-bond donors (Lipinski definition) is 14. The van der Waals surface area contributed by atoms with Crippen LogP contribution in [0.2, 0.25) is 0 Å². The summed E-state index contributed by atoms with van der Waals surface area (Å²) >= 11 is 0. The quantitative estimate of drug-likeness (QED) is 0.0694. The molecule has 0 aromatic carbocycles. The second-order valence-corrected chi connectivity index (χ2v) is 12.5. The highest BCUT2D eigenvalue weighted by Gasteiger charge is 2.60. The van der Waals surface area contributed by atoms with Crippen LogP contribution in [0.5, 0.6) is 0 Å². The third-order valence-electron chi connectivity index (χ3n) is 8.61. The monoisotopic (exact) mass is 761 g/mol. The van der Waals surface area contributed by atoms with E-state index < -0.39 is 160 Å². The third kappa shape index (κ3) is 9.85. The molecule has 17 atom stereocenters. The molecule has 300 valence electrons. The number of rotatable bonds is 16. The Balaban J connectivity index is 2.00. The van der Waals surface area contributed by atoms with E-state index in [4.69, 9.17) is 39.3 Å². The van der Waals surface area contributed by atoms with Crippen LogP contribution >= 0.6 is 0 Å². The van der Waals surface area contributed by atoms with Crippen molar-refractivity contribution in [2.75, 3.05) is 26.4 Å². The molecule has 0 aromatic rings. The molecule has 52 heavy (non-hydrogen) atoms. The molecule has 0 aliphatic carbocycles. The summed E-state index contributed by atoms with van der Waals surface area (Å²) in [6.45, 7) is -1.65. The summed E-state index contributed by atoms with van der Waals surface area (Å²) in [4.78, 5) is 48.0. The molecule has 0 saturated carbocycles. The first-order valence-electron chi connectivity index (χ1n) is 15.9. The number of carbonyl (C=O) groups excluding carboxylic acids is 2. The van der Waals surface area contributed by atoms with Crippen LogP contribution in [0.4, 0.5) is 0 Å². The predicted octanol–water partition coefficient (Wildman–Crippen LogP) is -8.64. The number of aliphatic hydroxyl groups is 9. The zero-order valence-corrected chi connectivity index (χ0v) is 27.9. The Morgan fingerprint density at radius 3 is 1.88 bits per heavy atom. The molecular formula is C28H47N3O21. The number of carboxylic acids is 2. The summed E-state index contributed by atoms with van der Waals surface area (Å²) in [6.07, 6.45) is -26.3. The molecular weight excluding hydrogens is 714 g/mol. The maximum absolute atomic E-state index is 12.8. The fraction of sp³-hybridized carbons (Fsp3) is 0.857. The highest BCUT2D eigenvalue weighted by molar-refractivity contribution is 5.77. The van der Waals surface area contributed by atoms with E-state index in [0.29, 0.717) is 0 Å². The Kier molecular flexibility index (Phi) is 15.5. The topological polar surface area (TPSA) is 396 Å². The molecule has 3 aliphatic rings. The number of aliphatic carboxylic acids is 2. The number of amides is 2. The molecule has 0 unspecified atom stereocenters. The predicted molar refractivity (Wildman–Crippen MR) is 161 cm³/mol. The lowest BCUT2D eigenvalue weighted by molar-refractivity contribution is -0.381. The molecule has 2 amide bonds. The van der Waals surface area contributed by atoms with Crippen molar-refractivity contribution in [3.05, 3.63) is 0 Å². The highest BCUT2D eigenvalue weighted by Crippen LogP contribution is 2.38. The minimum atomic E-state index is -3.09. The van der Waals surface area contributed by atoms with E-state index in [1.54, 1.807) is 0 Å². The van der Waals surface area contributed by atoms with Crippen LogP contribution in [-0.4, -0.2) is 210 Å². The summed E-state index contributed by atoms with van der Waals surface area (Å²) < 4.78 is 33.4. The Bertz CT molecular complexity index is 1230. The normalized spacial score (nSPS) is 39.9. The van der Waals surface area contributed by atoms with Crippen LogP contribution < -0.4 is 16.4 Å². The average Bonchev–Trinajstić information content (AvgIpc) is 3.08. The van der Waals surface area contributed by atoms with Gasteiger partial charge in [-0.15, -0.1) is 0 Å². The van der Waals surface area contributed by atoms with Crippen molar-refractivity contribution in [1.29, 1.82) is 0 Å². The van der Waals surface area contributed by atoms with Gasteiger partial charge in [-0.05, 0) is 0 Å². The average molecular weight is 762 g/mol. The van der Waals surface area contributed by atoms with Gasteiger partial charge in [0.15, 0.2) is 12.6 Å². The van der Waals surface area contributed by atoms with Crippen molar-refractivity contribution in [3.63, 3.8) is 0 Å². The lowest BCUT2D eigenvalue weighted by Crippen LogP contribution is -2.71.